The zero-order chi connectivity index (χ0) is 13.0. The molecule has 0 aliphatic carbocycles. The van der Waals surface area contributed by atoms with Crippen LogP contribution in [0.25, 0.3) is 0 Å². The van der Waals surface area contributed by atoms with Crippen LogP contribution in [0, 0.1) is 0 Å². The summed E-state index contributed by atoms with van der Waals surface area (Å²) in [4.78, 5) is 24.6. The van der Waals surface area contributed by atoms with E-state index in [1.165, 1.54) is 0 Å². The summed E-state index contributed by atoms with van der Waals surface area (Å²) in [5.41, 5.74) is -0.786. The molecule has 0 atom stereocenters. The molecule has 0 fully saturated rings. The van der Waals surface area contributed by atoms with Crippen molar-refractivity contribution >= 4 is 21.9 Å². The fourth-order valence-electron chi connectivity index (χ4n) is 1.43. The van der Waals surface area contributed by atoms with E-state index in [0.29, 0.717) is 0 Å². The van der Waals surface area contributed by atoms with Crippen LogP contribution in [0.2, 0.25) is 0 Å². The molecule has 7 heteroatoms. The van der Waals surface area contributed by atoms with Gasteiger partial charge in [0.1, 0.15) is 0 Å². The van der Waals surface area contributed by atoms with Crippen molar-refractivity contribution in [2.75, 3.05) is 7.11 Å². The molecule has 0 bridgehead atoms. The largest absolute Gasteiger partial charge is 0.469 e. The Morgan fingerprint density at radius 2 is 2.24 bits per heavy atom. The first-order valence-corrected chi connectivity index (χ1v) is 5.77. The van der Waals surface area contributed by atoms with Gasteiger partial charge in [0.25, 0.3) is 6.43 Å². The Kier molecular flexibility index (Phi) is 4.80. The molecule has 0 aromatic carbocycles. The zero-order valence-corrected chi connectivity index (χ0v) is 10.5. The third kappa shape index (κ3) is 3.36. The number of carbonyl (C=O) groups excluding carboxylic acids is 1. The maximum atomic E-state index is 12.9. The smallest absolute Gasteiger partial charge is 0.309 e. The lowest BCUT2D eigenvalue weighted by Gasteiger charge is -2.11. The van der Waals surface area contributed by atoms with Crippen molar-refractivity contribution in [2.45, 2.75) is 18.2 Å². The highest BCUT2D eigenvalue weighted by Gasteiger charge is 2.20. The molecule has 1 heterocycles. The van der Waals surface area contributed by atoms with E-state index in [4.69, 9.17) is 0 Å². The summed E-state index contributed by atoms with van der Waals surface area (Å²) >= 11 is 3.01. The summed E-state index contributed by atoms with van der Waals surface area (Å²) in [6.07, 6.45) is -3.11. The van der Waals surface area contributed by atoms with Gasteiger partial charge in [0.15, 0.2) is 0 Å². The number of rotatable bonds is 4. The topological polar surface area (TPSA) is 59.2 Å². The van der Waals surface area contributed by atoms with Gasteiger partial charge in [-0.1, -0.05) is 15.9 Å². The number of aromatic amines is 1. The molecular weight excluding hydrogens is 300 g/mol. The molecule has 1 aromatic rings. The number of carbonyl (C=O) groups is 1. The minimum atomic E-state index is -2.76. The molecule has 0 saturated heterocycles. The van der Waals surface area contributed by atoms with Crippen LogP contribution in [0.1, 0.15) is 23.2 Å². The van der Waals surface area contributed by atoms with E-state index in [1.54, 1.807) is 0 Å². The van der Waals surface area contributed by atoms with Crippen molar-refractivity contribution < 1.29 is 18.3 Å². The number of nitrogens with one attached hydrogen (secondary N) is 1. The van der Waals surface area contributed by atoms with Gasteiger partial charge in [-0.3, -0.25) is 9.59 Å². The molecule has 1 N–H and O–H groups in total. The highest BCUT2D eigenvalue weighted by Crippen LogP contribution is 2.26. The van der Waals surface area contributed by atoms with E-state index in [0.717, 1.165) is 13.2 Å². The lowest BCUT2D eigenvalue weighted by Crippen LogP contribution is -2.16. The number of methoxy groups -OCH3 is 1. The Balaban J connectivity index is 3.30. The van der Waals surface area contributed by atoms with Crippen LogP contribution in [0.4, 0.5) is 8.78 Å². The van der Waals surface area contributed by atoms with Gasteiger partial charge in [-0.05, 0) is 5.56 Å². The maximum Gasteiger partial charge on any atom is 0.309 e. The summed E-state index contributed by atoms with van der Waals surface area (Å²) in [6.45, 7) is 0. The van der Waals surface area contributed by atoms with E-state index >= 15 is 0 Å². The van der Waals surface area contributed by atoms with E-state index in [1.807, 2.05) is 0 Å². The second-order valence-corrected chi connectivity index (χ2v) is 3.80. The fourth-order valence-corrected chi connectivity index (χ4v) is 1.88. The average Bonchev–Trinajstić information content (AvgIpc) is 2.27. The normalized spacial score (nSPS) is 10.6. The van der Waals surface area contributed by atoms with Gasteiger partial charge in [0.2, 0.25) is 5.56 Å². The first-order valence-electron chi connectivity index (χ1n) is 4.65. The molecule has 0 spiro atoms. The van der Waals surface area contributed by atoms with Crippen molar-refractivity contribution in [3.05, 3.63) is 33.2 Å². The number of halogens is 3. The van der Waals surface area contributed by atoms with Crippen LogP contribution in [0.15, 0.2) is 10.9 Å². The van der Waals surface area contributed by atoms with Crippen LogP contribution in [-0.2, 0) is 21.3 Å². The highest BCUT2D eigenvalue weighted by molar-refractivity contribution is 9.08. The van der Waals surface area contributed by atoms with Crippen LogP contribution in [0.3, 0.4) is 0 Å². The number of hydrogen-bond donors (Lipinski definition) is 1. The minimum absolute atomic E-state index is 0.00921. The van der Waals surface area contributed by atoms with Crippen molar-refractivity contribution in [3.63, 3.8) is 0 Å². The Labute approximate surface area is 104 Å². The molecule has 17 heavy (non-hydrogen) atoms. The third-order valence-electron chi connectivity index (χ3n) is 2.16. The van der Waals surface area contributed by atoms with Crippen molar-refractivity contribution in [3.8, 4) is 0 Å². The first-order chi connectivity index (χ1) is 7.99. The number of alkyl halides is 3. The molecular formula is C10H10BrF2NO3. The fraction of sp³-hybridized carbons (Fsp3) is 0.400. The van der Waals surface area contributed by atoms with E-state index < -0.39 is 18.0 Å². The van der Waals surface area contributed by atoms with Gasteiger partial charge in [0, 0.05) is 22.7 Å². The van der Waals surface area contributed by atoms with Gasteiger partial charge in [-0.15, -0.1) is 0 Å². The summed E-state index contributed by atoms with van der Waals surface area (Å²) in [5, 5.41) is 0.0803. The molecule has 0 saturated carbocycles. The second-order valence-electron chi connectivity index (χ2n) is 3.24. The quantitative estimate of drug-likeness (QED) is 0.683. The Morgan fingerprint density at radius 3 is 2.71 bits per heavy atom. The lowest BCUT2D eigenvalue weighted by molar-refractivity contribution is -0.139. The van der Waals surface area contributed by atoms with E-state index in [2.05, 4.69) is 25.7 Å². The minimum Gasteiger partial charge on any atom is -0.469 e. The summed E-state index contributed by atoms with van der Waals surface area (Å²) in [5.74, 6) is -0.668. The number of esters is 1. The summed E-state index contributed by atoms with van der Waals surface area (Å²) < 4.78 is 30.1. The van der Waals surface area contributed by atoms with Crippen LogP contribution in [0.5, 0.6) is 0 Å². The standard InChI is InChI=1S/C10H10BrF2NO3/c1-17-8(16)3-5-2-7(15)14-6(4-11)9(5)10(12)13/h2,10H,3-4H2,1H3,(H,14,15). The van der Waals surface area contributed by atoms with Crippen LogP contribution < -0.4 is 5.56 Å². The van der Waals surface area contributed by atoms with Crippen molar-refractivity contribution in [1.82, 2.24) is 4.98 Å². The van der Waals surface area contributed by atoms with Crippen LogP contribution >= 0.6 is 15.9 Å². The molecule has 0 unspecified atom stereocenters. The molecule has 0 aliphatic rings. The monoisotopic (exact) mass is 309 g/mol. The predicted octanol–water partition coefficient (Wildman–Crippen LogP) is 1.92. The maximum absolute atomic E-state index is 12.9. The number of pyridine rings is 1. The molecule has 0 aliphatic heterocycles. The van der Waals surface area contributed by atoms with Gasteiger partial charge in [0.05, 0.1) is 13.5 Å². The van der Waals surface area contributed by atoms with Gasteiger partial charge < -0.3 is 9.72 Å². The van der Waals surface area contributed by atoms with E-state index in [-0.39, 0.29) is 28.6 Å². The Hall–Kier alpha value is -1.24. The molecule has 1 rings (SSSR count). The zero-order valence-electron chi connectivity index (χ0n) is 8.93. The molecule has 0 radical (unpaired) electrons. The summed E-state index contributed by atoms with van der Waals surface area (Å²) in [7, 11) is 1.16. The lowest BCUT2D eigenvalue weighted by atomic mass is 10.0. The average molecular weight is 310 g/mol. The van der Waals surface area contributed by atoms with Crippen LogP contribution in [-0.4, -0.2) is 18.1 Å². The molecule has 1 aromatic heterocycles. The van der Waals surface area contributed by atoms with Crippen molar-refractivity contribution in [2.24, 2.45) is 0 Å². The van der Waals surface area contributed by atoms with E-state index in [9.17, 15) is 18.4 Å². The van der Waals surface area contributed by atoms with Gasteiger partial charge >= 0.3 is 5.97 Å². The predicted molar refractivity (Wildman–Crippen MR) is 60.4 cm³/mol. The van der Waals surface area contributed by atoms with Gasteiger partial charge in [-0.25, -0.2) is 8.78 Å². The third-order valence-corrected chi connectivity index (χ3v) is 2.73. The number of H-pyrrole nitrogens is 1. The van der Waals surface area contributed by atoms with Gasteiger partial charge in [-0.2, -0.15) is 0 Å². The SMILES string of the molecule is COC(=O)Cc1cc(=O)[nH]c(CBr)c1C(F)F. The first kappa shape index (κ1) is 13.8. The number of aromatic nitrogens is 1. The van der Waals surface area contributed by atoms with Crippen molar-refractivity contribution in [1.29, 1.82) is 0 Å². The molecule has 0 amide bonds. The number of hydrogen-bond acceptors (Lipinski definition) is 3. The molecule has 4 nitrogen and oxygen atoms in total. The highest BCUT2D eigenvalue weighted by atomic mass is 79.9. The Morgan fingerprint density at radius 1 is 1.59 bits per heavy atom. The molecule has 94 valence electrons. The summed E-state index contributed by atoms with van der Waals surface area (Å²) in [6, 6.07) is 0.991. The number of ether oxygens (including phenoxy) is 1. The second kappa shape index (κ2) is 5.90. The Bertz CT molecular complexity index is 473.